The van der Waals surface area contributed by atoms with Gasteiger partial charge in [-0.25, -0.2) is 5.43 Å². The van der Waals surface area contributed by atoms with E-state index in [-0.39, 0.29) is 12.4 Å². The predicted octanol–water partition coefficient (Wildman–Crippen LogP) is 4.51. The molecule has 0 saturated carbocycles. The first-order chi connectivity index (χ1) is 12.6. The highest BCUT2D eigenvalue weighted by Crippen LogP contribution is 2.34. The van der Waals surface area contributed by atoms with Crippen molar-refractivity contribution in [1.82, 2.24) is 5.43 Å². The molecule has 0 bridgehead atoms. The van der Waals surface area contributed by atoms with Crippen LogP contribution < -0.4 is 10.2 Å². The number of hydrogen-bond acceptors (Lipinski definition) is 5. The van der Waals surface area contributed by atoms with Crippen LogP contribution in [0.1, 0.15) is 16.1 Å². The van der Waals surface area contributed by atoms with E-state index in [0.29, 0.717) is 26.4 Å². The lowest BCUT2D eigenvalue weighted by Crippen LogP contribution is -2.16. The minimum absolute atomic E-state index is 0.112. The summed E-state index contributed by atoms with van der Waals surface area (Å²) in [5, 5.41) is 13.6. The van der Waals surface area contributed by atoms with Crippen LogP contribution in [0.15, 0.2) is 56.5 Å². The third kappa shape index (κ3) is 4.04. The number of hydrazone groups is 1. The highest BCUT2D eigenvalue weighted by Gasteiger charge is 2.11. The molecule has 8 heteroatoms. The van der Waals surface area contributed by atoms with Crippen LogP contribution >= 0.6 is 27.5 Å². The van der Waals surface area contributed by atoms with E-state index in [9.17, 15) is 4.79 Å². The van der Waals surface area contributed by atoms with Crippen molar-refractivity contribution in [3.05, 3.63) is 63.3 Å². The molecular formula is C18H11BrClN3O3. The molecule has 1 amide bonds. The average Bonchev–Trinajstić information content (AvgIpc) is 3.05. The minimum atomic E-state index is -0.461. The quantitative estimate of drug-likeness (QED) is 0.474. The summed E-state index contributed by atoms with van der Waals surface area (Å²) in [7, 11) is 0. The summed E-state index contributed by atoms with van der Waals surface area (Å²) in [6.07, 6.45) is 1.44. The zero-order valence-corrected chi connectivity index (χ0v) is 15.5. The monoisotopic (exact) mass is 431 g/mol. The first-order valence-electron chi connectivity index (χ1n) is 7.39. The van der Waals surface area contributed by atoms with Crippen LogP contribution in [0.3, 0.4) is 0 Å². The maximum Gasteiger partial charge on any atom is 0.307 e. The first-order valence-corrected chi connectivity index (χ1v) is 8.56. The number of ether oxygens (including phenoxy) is 1. The van der Waals surface area contributed by atoms with Crippen LogP contribution in [0.25, 0.3) is 11.0 Å². The van der Waals surface area contributed by atoms with Gasteiger partial charge in [0.1, 0.15) is 11.7 Å². The topological polar surface area (TPSA) is 87.6 Å². The molecule has 0 fully saturated rings. The van der Waals surface area contributed by atoms with Gasteiger partial charge in [0, 0.05) is 5.39 Å². The summed E-state index contributed by atoms with van der Waals surface area (Å²) in [6, 6.07) is 14.2. The van der Waals surface area contributed by atoms with Gasteiger partial charge in [0.05, 0.1) is 15.7 Å². The summed E-state index contributed by atoms with van der Waals surface area (Å²) in [5.41, 5.74) is 3.67. The molecule has 26 heavy (non-hydrogen) atoms. The molecule has 3 aromatic rings. The number of rotatable bonds is 5. The minimum Gasteiger partial charge on any atom is -0.476 e. The van der Waals surface area contributed by atoms with Gasteiger partial charge in [-0.05, 0) is 45.8 Å². The lowest BCUT2D eigenvalue weighted by Gasteiger charge is -2.07. The van der Waals surface area contributed by atoms with Crippen LogP contribution in [0.5, 0.6) is 5.75 Å². The smallest absolute Gasteiger partial charge is 0.307 e. The van der Waals surface area contributed by atoms with Crippen molar-refractivity contribution in [1.29, 1.82) is 5.26 Å². The Kier molecular flexibility index (Phi) is 5.56. The van der Waals surface area contributed by atoms with E-state index < -0.39 is 5.91 Å². The Labute approximate surface area is 162 Å². The number of amides is 1. The van der Waals surface area contributed by atoms with Crippen LogP contribution in [-0.4, -0.2) is 18.7 Å². The van der Waals surface area contributed by atoms with Crippen molar-refractivity contribution >= 4 is 50.6 Å². The molecule has 0 saturated heterocycles. The highest BCUT2D eigenvalue weighted by atomic mass is 79.9. The molecule has 130 valence electrons. The van der Waals surface area contributed by atoms with Crippen LogP contribution in [-0.2, 0) is 0 Å². The molecule has 6 nitrogen and oxygen atoms in total. The van der Waals surface area contributed by atoms with Gasteiger partial charge in [-0.3, -0.25) is 4.79 Å². The SMILES string of the molecule is N#CCOc1c(Cl)cc(/C=N/NC(=O)c2cc3ccccc3o2)cc1Br. The van der Waals surface area contributed by atoms with E-state index in [1.165, 1.54) is 6.21 Å². The number of fused-ring (bicyclic) bond motifs is 1. The van der Waals surface area contributed by atoms with Gasteiger partial charge in [-0.15, -0.1) is 0 Å². The van der Waals surface area contributed by atoms with Gasteiger partial charge in [-0.1, -0.05) is 29.8 Å². The largest absolute Gasteiger partial charge is 0.476 e. The van der Waals surface area contributed by atoms with Crippen molar-refractivity contribution < 1.29 is 13.9 Å². The zero-order chi connectivity index (χ0) is 18.5. The molecule has 0 radical (unpaired) electrons. The van der Waals surface area contributed by atoms with Gasteiger partial charge in [0.25, 0.3) is 0 Å². The van der Waals surface area contributed by atoms with Gasteiger partial charge < -0.3 is 9.15 Å². The lowest BCUT2D eigenvalue weighted by atomic mass is 10.2. The number of nitriles is 1. The summed E-state index contributed by atoms with van der Waals surface area (Å²) < 4.78 is 11.3. The number of halogens is 2. The molecule has 0 aliphatic carbocycles. The Bertz CT molecular complexity index is 984. The molecule has 3 rings (SSSR count). The lowest BCUT2D eigenvalue weighted by molar-refractivity contribution is 0.0929. The average molecular weight is 433 g/mol. The Balaban J connectivity index is 1.70. The zero-order valence-electron chi connectivity index (χ0n) is 13.2. The Morgan fingerprint density at radius 2 is 2.19 bits per heavy atom. The van der Waals surface area contributed by atoms with Crippen molar-refractivity contribution in [2.24, 2.45) is 5.10 Å². The van der Waals surface area contributed by atoms with E-state index in [1.54, 1.807) is 24.3 Å². The Morgan fingerprint density at radius 3 is 2.92 bits per heavy atom. The Morgan fingerprint density at radius 1 is 1.38 bits per heavy atom. The number of carbonyl (C=O) groups is 1. The molecule has 1 N–H and O–H groups in total. The van der Waals surface area contributed by atoms with E-state index in [1.807, 2.05) is 24.3 Å². The highest BCUT2D eigenvalue weighted by molar-refractivity contribution is 9.10. The fourth-order valence-corrected chi connectivity index (χ4v) is 3.20. The van der Waals surface area contributed by atoms with Crippen molar-refractivity contribution in [3.8, 4) is 11.8 Å². The second kappa shape index (κ2) is 8.04. The number of hydrogen-bond donors (Lipinski definition) is 1. The summed E-state index contributed by atoms with van der Waals surface area (Å²) in [6.45, 7) is -0.112. The van der Waals surface area contributed by atoms with Gasteiger partial charge in [0.2, 0.25) is 0 Å². The van der Waals surface area contributed by atoms with E-state index in [0.717, 1.165) is 5.39 Å². The maximum absolute atomic E-state index is 12.1. The molecule has 2 aromatic carbocycles. The maximum atomic E-state index is 12.1. The van der Waals surface area contributed by atoms with Crippen molar-refractivity contribution in [3.63, 3.8) is 0 Å². The predicted molar refractivity (Wildman–Crippen MR) is 102 cm³/mol. The van der Waals surface area contributed by atoms with Gasteiger partial charge in [-0.2, -0.15) is 10.4 Å². The summed E-state index contributed by atoms with van der Waals surface area (Å²) >= 11 is 9.45. The molecule has 1 aromatic heterocycles. The normalized spacial score (nSPS) is 10.8. The number of benzene rings is 2. The third-order valence-electron chi connectivity index (χ3n) is 3.33. The Hall–Kier alpha value is -2.82. The first kappa shape index (κ1) is 18.0. The number of carbonyl (C=O) groups excluding carboxylic acids is 1. The molecule has 0 spiro atoms. The van der Waals surface area contributed by atoms with Gasteiger partial charge in [0.15, 0.2) is 18.1 Å². The van der Waals surface area contributed by atoms with Crippen molar-refractivity contribution in [2.45, 2.75) is 0 Å². The third-order valence-corrected chi connectivity index (χ3v) is 4.20. The molecule has 0 unspecified atom stereocenters. The van der Waals surface area contributed by atoms with E-state index in [2.05, 4.69) is 26.5 Å². The number of furan rings is 1. The van der Waals surface area contributed by atoms with E-state index >= 15 is 0 Å². The van der Waals surface area contributed by atoms with Gasteiger partial charge >= 0.3 is 5.91 Å². The second-order valence-corrected chi connectivity index (χ2v) is 6.37. The number of para-hydroxylation sites is 1. The molecule has 0 aliphatic rings. The second-order valence-electron chi connectivity index (χ2n) is 5.11. The molecule has 0 aliphatic heterocycles. The van der Waals surface area contributed by atoms with E-state index in [4.69, 9.17) is 26.0 Å². The van der Waals surface area contributed by atoms with Crippen molar-refractivity contribution in [2.75, 3.05) is 6.61 Å². The molecular weight excluding hydrogens is 422 g/mol. The van der Waals surface area contributed by atoms with Crippen LogP contribution in [0.2, 0.25) is 5.02 Å². The van der Waals surface area contributed by atoms with Crippen LogP contribution in [0.4, 0.5) is 0 Å². The summed E-state index contributed by atoms with van der Waals surface area (Å²) in [5.74, 6) is 0.0797. The fraction of sp³-hybridized carbons (Fsp3) is 0.0556. The summed E-state index contributed by atoms with van der Waals surface area (Å²) in [4.78, 5) is 12.1. The number of nitrogens with zero attached hydrogens (tertiary/aromatic N) is 2. The standard InChI is InChI=1S/C18H11BrClN3O3/c19-13-7-11(8-14(20)17(13)25-6-5-21)10-22-23-18(24)16-9-12-3-1-2-4-15(12)26-16/h1-4,7-10H,6H2,(H,23,24)/b22-10+. The molecule has 1 heterocycles. The van der Waals surface area contributed by atoms with Crippen LogP contribution in [0, 0.1) is 11.3 Å². The fourth-order valence-electron chi connectivity index (χ4n) is 2.21. The number of nitrogens with one attached hydrogen (secondary N) is 1. The molecule has 0 atom stereocenters.